The highest BCUT2D eigenvalue weighted by atomic mass is 32.2. The summed E-state index contributed by atoms with van der Waals surface area (Å²) >= 11 is 1.88. The smallest absolute Gasteiger partial charge is 0.232 e. The van der Waals surface area contributed by atoms with E-state index in [1.54, 1.807) is 0 Å². The number of hydrogen-bond acceptors (Lipinski definition) is 5. The van der Waals surface area contributed by atoms with Gasteiger partial charge >= 0.3 is 0 Å². The molecule has 4 nitrogen and oxygen atoms in total. The van der Waals surface area contributed by atoms with Gasteiger partial charge in [-0.05, 0) is 12.8 Å². The first-order valence-electron chi connectivity index (χ1n) is 7.51. The summed E-state index contributed by atoms with van der Waals surface area (Å²) in [6.07, 6.45) is 9.12. The summed E-state index contributed by atoms with van der Waals surface area (Å²) in [5.74, 6) is 4.50. The molecule has 2 atom stereocenters. The van der Waals surface area contributed by atoms with Crippen LogP contribution in [0.4, 0.5) is 0 Å². The summed E-state index contributed by atoms with van der Waals surface area (Å²) in [6.45, 7) is 0. The minimum Gasteiger partial charge on any atom is -0.339 e. The van der Waals surface area contributed by atoms with Crippen LogP contribution in [0.3, 0.4) is 0 Å². The van der Waals surface area contributed by atoms with Gasteiger partial charge in [0.05, 0.1) is 5.92 Å². The van der Waals surface area contributed by atoms with E-state index in [4.69, 9.17) is 10.3 Å². The summed E-state index contributed by atoms with van der Waals surface area (Å²) in [7, 11) is 0. The molecule has 0 radical (unpaired) electrons. The van der Waals surface area contributed by atoms with E-state index in [9.17, 15) is 0 Å². The van der Waals surface area contributed by atoms with E-state index < -0.39 is 0 Å². The van der Waals surface area contributed by atoms with Crippen molar-refractivity contribution in [3.63, 3.8) is 0 Å². The molecule has 0 bridgehead atoms. The maximum Gasteiger partial charge on any atom is 0.232 e. The normalized spacial score (nSPS) is 30.2. The number of nitrogens with zero attached hydrogens (tertiary/aromatic N) is 2. The van der Waals surface area contributed by atoms with Crippen LogP contribution in [0.2, 0.25) is 0 Å². The van der Waals surface area contributed by atoms with Gasteiger partial charge in [-0.1, -0.05) is 37.3 Å². The summed E-state index contributed by atoms with van der Waals surface area (Å²) in [5, 5.41) is 4.24. The van der Waals surface area contributed by atoms with E-state index in [0.29, 0.717) is 5.92 Å². The predicted octanol–water partition coefficient (Wildman–Crippen LogP) is 3.06. The molecule has 2 unspecified atom stereocenters. The molecule has 0 spiro atoms. The van der Waals surface area contributed by atoms with Crippen molar-refractivity contribution in [1.29, 1.82) is 0 Å². The van der Waals surface area contributed by atoms with Crippen LogP contribution in [0.15, 0.2) is 4.52 Å². The molecule has 1 aliphatic carbocycles. The molecule has 2 aliphatic rings. The molecular weight excluding hydrogens is 258 g/mol. The molecule has 2 N–H and O–H groups in total. The molecule has 19 heavy (non-hydrogen) atoms. The maximum atomic E-state index is 6.10. The highest BCUT2D eigenvalue weighted by Crippen LogP contribution is 2.33. The van der Waals surface area contributed by atoms with Crippen molar-refractivity contribution >= 4 is 11.8 Å². The van der Waals surface area contributed by atoms with E-state index in [2.05, 4.69) is 10.1 Å². The van der Waals surface area contributed by atoms with E-state index >= 15 is 0 Å². The van der Waals surface area contributed by atoms with Crippen molar-refractivity contribution in [2.45, 2.75) is 62.8 Å². The summed E-state index contributed by atoms with van der Waals surface area (Å²) in [4.78, 5) is 4.67. The number of hydrogen-bond donors (Lipinski definition) is 1. The van der Waals surface area contributed by atoms with Gasteiger partial charge in [0, 0.05) is 23.5 Å². The van der Waals surface area contributed by atoms with Gasteiger partial charge in [-0.15, -0.1) is 0 Å². The van der Waals surface area contributed by atoms with Gasteiger partial charge in [0.15, 0.2) is 5.82 Å². The molecule has 5 heteroatoms. The van der Waals surface area contributed by atoms with Crippen molar-refractivity contribution in [2.75, 3.05) is 11.5 Å². The Labute approximate surface area is 118 Å². The highest BCUT2D eigenvalue weighted by molar-refractivity contribution is 7.99. The van der Waals surface area contributed by atoms with Gasteiger partial charge in [0.25, 0.3) is 0 Å². The summed E-state index contributed by atoms with van der Waals surface area (Å²) in [6, 6.07) is 0.177. The van der Waals surface area contributed by atoms with E-state index in [1.165, 1.54) is 44.9 Å². The van der Waals surface area contributed by atoms with Crippen LogP contribution in [-0.4, -0.2) is 27.7 Å². The Kier molecular flexibility index (Phi) is 4.43. The fourth-order valence-corrected chi connectivity index (χ4v) is 4.39. The van der Waals surface area contributed by atoms with Crippen LogP contribution in [0.25, 0.3) is 0 Å². The molecule has 0 aromatic carbocycles. The lowest BCUT2D eigenvalue weighted by Crippen LogP contribution is -2.26. The molecule has 1 saturated carbocycles. The van der Waals surface area contributed by atoms with Crippen LogP contribution in [0.5, 0.6) is 0 Å². The van der Waals surface area contributed by atoms with E-state index in [1.807, 2.05) is 11.8 Å². The number of thioether (sulfide) groups is 1. The Hall–Kier alpha value is -0.550. The predicted molar refractivity (Wildman–Crippen MR) is 77.4 cm³/mol. The fraction of sp³-hybridized carbons (Fsp3) is 0.857. The largest absolute Gasteiger partial charge is 0.339 e. The van der Waals surface area contributed by atoms with Gasteiger partial charge in [-0.25, -0.2) is 0 Å². The van der Waals surface area contributed by atoms with E-state index in [0.717, 1.165) is 23.2 Å². The molecule has 3 rings (SSSR count). The lowest BCUT2D eigenvalue weighted by atomic mass is 9.91. The highest BCUT2D eigenvalue weighted by Gasteiger charge is 2.31. The molecular formula is C14H23N3OS. The SMILES string of the molecule is NC1CSCC1c1nc(C2CCCCCCC2)no1. The Bertz CT molecular complexity index is 401. The molecule has 1 saturated heterocycles. The first-order chi connectivity index (χ1) is 9.34. The first-order valence-corrected chi connectivity index (χ1v) is 8.67. The minimum atomic E-state index is 0.177. The van der Waals surface area contributed by atoms with Crippen LogP contribution >= 0.6 is 11.8 Å². The van der Waals surface area contributed by atoms with Crippen molar-refractivity contribution in [2.24, 2.45) is 5.73 Å². The van der Waals surface area contributed by atoms with Gasteiger partial charge in [0.1, 0.15) is 0 Å². The van der Waals surface area contributed by atoms with Crippen molar-refractivity contribution in [3.8, 4) is 0 Å². The fourth-order valence-electron chi connectivity index (χ4n) is 3.10. The topological polar surface area (TPSA) is 64.9 Å². The molecule has 1 aromatic rings. The standard InChI is InChI=1S/C14H23N3OS/c15-12-9-19-8-11(12)14-16-13(17-18-14)10-6-4-2-1-3-5-7-10/h10-12H,1-9,15H2. The third kappa shape index (κ3) is 3.14. The second-order valence-corrected chi connectivity index (χ2v) is 6.92. The molecule has 1 aromatic heterocycles. The molecule has 2 heterocycles. The Morgan fingerprint density at radius 1 is 1.05 bits per heavy atom. The Morgan fingerprint density at radius 2 is 1.79 bits per heavy atom. The summed E-state index contributed by atoms with van der Waals surface area (Å²) < 4.78 is 5.49. The monoisotopic (exact) mass is 281 g/mol. The van der Waals surface area contributed by atoms with Crippen molar-refractivity contribution < 1.29 is 4.52 Å². The maximum absolute atomic E-state index is 6.10. The van der Waals surface area contributed by atoms with Gasteiger partial charge in [0.2, 0.25) is 5.89 Å². The Balaban J connectivity index is 1.69. The average molecular weight is 281 g/mol. The zero-order chi connectivity index (χ0) is 13.1. The van der Waals surface area contributed by atoms with Crippen LogP contribution in [0.1, 0.15) is 68.5 Å². The van der Waals surface area contributed by atoms with Crippen molar-refractivity contribution in [1.82, 2.24) is 10.1 Å². The molecule has 1 aliphatic heterocycles. The quantitative estimate of drug-likeness (QED) is 0.902. The van der Waals surface area contributed by atoms with Gasteiger partial charge in [-0.3, -0.25) is 0 Å². The molecule has 106 valence electrons. The molecule has 0 amide bonds. The zero-order valence-electron chi connectivity index (χ0n) is 11.4. The number of rotatable bonds is 2. The van der Waals surface area contributed by atoms with Crippen LogP contribution in [-0.2, 0) is 0 Å². The zero-order valence-corrected chi connectivity index (χ0v) is 12.2. The molecule has 2 fully saturated rings. The number of aromatic nitrogens is 2. The lowest BCUT2D eigenvalue weighted by molar-refractivity contribution is 0.341. The van der Waals surface area contributed by atoms with E-state index in [-0.39, 0.29) is 12.0 Å². The van der Waals surface area contributed by atoms with Crippen LogP contribution in [0, 0.1) is 0 Å². The summed E-state index contributed by atoms with van der Waals surface area (Å²) in [5.41, 5.74) is 6.10. The third-order valence-corrected chi connectivity index (χ3v) is 5.58. The average Bonchev–Trinajstić information content (AvgIpc) is 2.97. The van der Waals surface area contributed by atoms with Crippen LogP contribution < -0.4 is 5.73 Å². The van der Waals surface area contributed by atoms with Crippen molar-refractivity contribution in [3.05, 3.63) is 11.7 Å². The second-order valence-electron chi connectivity index (χ2n) is 5.84. The van der Waals surface area contributed by atoms with Gasteiger partial charge in [-0.2, -0.15) is 16.7 Å². The second kappa shape index (κ2) is 6.27. The minimum absolute atomic E-state index is 0.177. The first kappa shape index (κ1) is 13.4. The number of nitrogens with two attached hydrogens (primary N) is 1. The van der Waals surface area contributed by atoms with Gasteiger partial charge < -0.3 is 10.3 Å². The lowest BCUT2D eigenvalue weighted by Gasteiger charge is -2.16. The Morgan fingerprint density at radius 3 is 2.47 bits per heavy atom. The third-order valence-electron chi connectivity index (χ3n) is 4.37.